The summed E-state index contributed by atoms with van der Waals surface area (Å²) in [4.78, 5) is 30.0. The van der Waals surface area contributed by atoms with Gasteiger partial charge in [0.1, 0.15) is 5.52 Å². The third kappa shape index (κ3) is 6.54. The fourth-order valence-electron chi connectivity index (χ4n) is 3.59. The maximum Gasteiger partial charge on any atom is 0.248 e. The highest BCUT2D eigenvalue weighted by atomic mass is 32.2. The van der Waals surface area contributed by atoms with Crippen molar-refractivity contribution in [2.75, 3.05) is 16.4 Å². The summed E-state index contributed by atoms with van der Waals surface area (Å²) in [6.45, 7) is 0. The molecular weight excluding hydrogens is 482 g/mol. The molecule has 0 spiro atoms. The van der Waals surface area contributed by atoms with Crippen LogP contribution in [-0.4, -0.2) is 22.6 Å². The van der Waals surface area contributed by atoms with E-state index in [1.807, 2.05) is 103 Å². The standard InChI is InChI=1S/C30H23N3O3S/c34-28(19-10-21-6-2-1-3-7-21)31-24-15-17-25(18-16-24)37-20-29(35)32-23-13-11-22(12-14-23)30-33-26-8-4-5-9-27(26)36-30/h1-19H,20H2,(H,31,34)(H,32,35)/b19-10+. The zero-order valence-corrected chi connectivity index (χ0v) is 20.6. The molecule has 0 fully saturated rings. The molecule has 0 saturated heterocycles. The number of anilines is 2. The van der Waals surface area contributed by atoms with Crippen molar-refractivity contribution >= 4 is 52.1 Å². The minimum absolute atomic E-state index is 0.108. The van der Waals surface area contributed by atoms with Gasteiger partial charge >= 0.3 is 0 Å². The van der Waals surface area contributed by atoms with Gasteiger partial charge in [-0.3, -0.25) is 9.59 Å². The first-order chi connectivity index (χ1) is 18.1. The van der Waals surface area contributed by atoms with Crippen LogP contribution in [0.15, 0.2) is 119 Å². The second kappa shape index (κ2) is 11.4. The Kier molecular flexibility index (Phi) is 7.43. The number of rotatable bonds is 8. The molecule has 0 radical (unpaired) electrons. The molecule has 0 aliphatic carbocycles. The van der Waals surface area contributed by atoms with Crippen LogP contribution in [-0.2, 0) is 9.59 Å². The second-order valence-electron chi connectivity index (χ2n) is 8.16. The average Bonchev–Trinajstić information content (AvgIpc) is 3.37. The van der Waals surface area contributed by atoms with Crippen molar-refractivity contribution in [2.45, 2.75) is 4.90 Å². The normalized spacial score (nSPS) is 11.0. The van der Waals surface area contributed by atoms with E-state index >= 15 is 0 Å². The lowest BCUT2D eigenvalue weighted by Crippen LogP contribution is -2.13. The molecule has 0 atom stereocenters. The predicted molar refractivity (Wildman–Crippen MR) is 149 cm³/mol. The average molecular weight is 506 g/mol. The van der Waals surface area contributed by atoms with Gasteiger partial charge in [-0.1, -0.05) is 42.5 Å². The Labute approximate surface area is 218 Å². The molecule has 1 aromatic heterocycles. The lowest BCUT2D eigenvalue weighted by molar-refractivity contribution is -0.114. The fraction of sp³-hybridized carbons (Fsp3) is 0.0333. The van der Waals surface area contributed by atoms with E-state index in [1.54, 1.807) is 6.08 Å². The summed E-state index contributed by atoms with van der Waals surface area (Å²) in [7, 11) is 0. The van der Waals surface area contributed by atoms with Crippen LogP contribution in [0.2, 0.25) is 0 Å². The largest absolute Gasteiger partial charge is 0.436 e. The lowest BCUT2D eigenvalue weighted by Gasteiger charge is -2.07. The summed E-state index contributed by atoms with van der Waals surface area (Å²) in [6.07, 6.45) is 3.27. The molecule has 0 unspecified atom stereocenters. The summed E-state index contributed by atoms with van der Waals surface area (Å²) >= 11 is 1.42. The third-order valence-corrected chi connectivity index (χ3v) is 6.44. The number of aromatic nitrogens is 1. The Morgan fingerprint density at radius 3 is 2.22 bits per heavy atom. The van der Waals surface area contributed by atoms with E-state index in [1.165, 1.54) is 17.8 Å². The topological polar surface area (TPSA) is 84.2 Å². The number of nitrogens with one attached hydrogen (secondary N) is 2. The molecule has 7 heteroatoms. The smallest absolute Gasteiger partial charge is 0.248 e. The highest BCUT2D eigenvalue weighted by Crippen LogP contribution is 2.26. The van der Waals surface area contributed by atoms with E-state index in [4.69, 9.17) is 4.42 Å². The van der Waals surface area contributed by atoms with Crippen LogP contribution in [0.5, 0.6) is 0 Å². The van der Waals surface area contributed by atoms with E-state index in [0.29, 0.717) is 17.3 Å². The molecule has 6 nitrogen and oxygen atoms in total. The molecule has 5 aromatic rings. The minimum Gasteiger partial charge on any atom is -0.436 e. The zero-order chi connectivity index (χ0) is 25.5. The number of amides is 2. The molecule has 1 heterocycles. The maximum absolute atomic E-state index is 12.4. The van der Waals surface area contributed by atoms with Gasteiger partial charge in [0.2, 0.25) is 17.7 Å². The van der Waals surface area contributed by atoms with Gasteiger partial charge in [0.25, 0.3) is 0 Å². The molecular formula is C30H23N3O3S. The summed E-state index contributed by atoms with van der Waals surface area (Å²) in [5.41, 5.74) is 4.74. The highest BCUT2D eigenvalue weighted by molar-refractivity contribution is 8.00. The van der Waals surface area contributed by atoms with Gasteiger partial charge in [0.05, 0.1) is 5.75 Å². The predicted octanol–water partition coefficient (Wildman–Crippen LogP) is 6.88. The number of hydrogen-bond donors (Lipinski definition) is 2. The van der Waals surface area contributed by atoms with Crippen LogP contribution in [0.1, 0.15) is 5.56 Å². The SMILES string of the molecule is O=C(/C=C/c1ccccc1)Nc1ccc(SCC(=O)Nc2ccc(-c3nc4ccccc4o3)cc2)cc1. The van der Waals surface area contributed by atoms with E-state index < -0.39 is 0 Å². The summed E-state index contributed by atoms with van der Waals surface area (Å²) < 4.78 is 5.79. The van der Waals surface area contributed by atoms with Crippen LogP contribution in [0.4, 0.5) is 11.4 Å². The van der Waals surface area contributed by atoms with Crippen LogP contribution in [0, 0.1) is 0 Å². The number of fused-ring (bicyclic) bond motifs is 1. The summed E-state index contributed by atoms with van der Waals surface area (Å²) in [5.74, 6) is 0.494. The number of oxazole rings is 1. The van der Waals surface area contributed by atoms with Gasteiger partial charge in [-0.15, -0.1) is 11.8 Å². The second-order valence-corrected chi connectivity index (χ2v) is 9.21. The quantitative estimate of drug-likeness (QED) is 0.177. The number of carbonyl (C=O) groups is 2. The van der Waals surface area contributed by atoms with Crippen molar-refractivity contribution in [2.24, 2.45) is 0 Å². The molecule has 4 aromatic carbocycles. The first-order valence-electron chi connectivity index (χ1n) is 11.7. The molecule has 182 valence electrons. The zero-order valence-electron chi connectivity index (χ0n) is 19.8. The van der Waals surface area contributed by atoms with Crippen molar-refractivity contribution in [1.82, 2.24) is 4.98 Å². The minimum atomic E-state index is -0.203. The Bertz CT molecular complexity index is 1510. The fourth-order valence-corrected chi connectivity index (χ4v) is 4.29. The van der Waals surface area contributed by atoms with Crippen LogP contribution in [0.25, 0.3) is 28.6 Å². The molecule has 37 heavy (non-hydrogen) atoms. The molecule has 2 N–H and O–H groups in total. The first kappa shape index (κ1) is 24.1. The van der Waals surface area contributed by atoms with Crippen molar-refractivity contribution < 1.29 is 14.0 Å². The lowest BCUT2D eigenvalue weighted by atomic mass is 10.2. The van der Waals surface area contributed by atoms with Gasteiger partial charge < -0.3 is 15.1 Å². The Hall–Kier alpha value is -4.62. The Morgan fingerprint density at radius 1 is 0.784 bits per heavy atom. The monoisotopic (exact) mass is 505 g/mol. The Balaban J connectivity index is 1.09. The van der Waals surface area contributed by atoms with E-state index in [-0.39, 0.29) is 17.6 Å². The Morgan fingerprint density at radius 2 is 1.46 bits per heavy atom. The molecule has 0 bridgehead atoms. The third-order valence-electron chi connectivity index (χ3n) is 5.43. The first-order valence-corrected chi connectivity index (χ1v) is 12.6. The number of thioether (sulfide) groups is 1. The number of hydrogen-bond acceptors (Lipinski definition) is 5. The van der Waals surface area contributed by atoms with E-state index in [9.17, 15) is 9.59 Å². The van der Waals surface area contributed by atoms with Crippen LogP contribution >= 0.6 is 11.8 Å². The van der Waals surface area contributed by atoms with Crippen molar-refractivity contribution in [3.8, 4) is 11.5 Å². The number of benzene rings is 4. The molecule has 0 saturated carbocycles. The number of para-hydroxylation sites is 2. The maximum atomic E-state index is 12.4. The van der Waals surface area contributed by atoms with Crippen molar-refractivity contribution in [3.63, 3.8) is 0 Å². The summed E-state index contributed by atoms with van der Waals surface area (Å²) in [6, 6.07) is 32.0. The van der Waals surface area contributed by atoms with Gasteiger partial charge in [0.15, 0.2) is 5.58 Å². The van der Waals surface area contributed by atoms with Crippen LogP contribution in [0.3, 0.4) is 0 Å². The van der Waals surface area contributed by atoms with E-state index in [0.717, 1.165) is 27.1 Å². The van der Waals surface area contributed by atoms with Gasteiger partial charge in [-0.25, -0.2) is 4.98 Å². The van der Waals surface area contributed by atoms with E-state index in [2.05, 4.69) is 15.6 Å². The van der Waals surface area contributed by atoms with Gasteiger partial charge in [-0.2, -0.15) is 0 Å². The van der Waals surface area contributed by atoms with Crippen LogP contribution < -0.4 is 10.6 Å². The van der Waals surface area contributed by atoms with Gasteiger partial charge in [0, 0.05) is 27.9 Å². The van der Waals surface area contributed by atoms with Gasteiger partial charge in [-0.05, 0) is 72.3 Å². The highest BCUT2D eigenvalue weighted by Gasteiger charge is 2.09. The number of carbonyl (C=O) groups excluding carboxylic acids is 2. The number of nitrogens with zero attached hydrogens (tertiary/aromatic N) is 1. The molecule has 2 amide bonds. The van der Waals surface area contributed by atoms with Crippen molar-refractivity contribution in [3.05, 3.63) is 115 Å². The van der Waals surface area contributed by atoms with Crippen molar-refractivity contribution in [1.29, 1.82) is 0 Å². The summed E-state index contributed by atoms with van der Waals surface area (Å²) in [5, 5.41) is 5.74. The molecule has 0 aliphatic heterocycles. The molecule has 0 aliphatic rings. The molecule has 5 rings (SSSR count).